The molecule has 0 saturated carbocycles. The average Bonchev–Trinajstić information content (AvgIpc) is 2.94. The molecular weight excluding hydrogens is 330 g/mol. The van der Waals surface area contributed by atoms with Crippen LogP contribution in [0.4, 0.5) is 0 Å². The van der Waals surface area contributed by atoms with Gasteiger partial charge in [0, 0.05) is 16.5 Å². The van der Waals surface area contributed by atoms with Gasteiger partial charge in [0.25, 0.3) is 5.56 Å². The Morgan fingerprint density at radius 1 is 1.00 bits per heavy atom. The van der Waals surface area contributed by atoms with Gasteiger partial charge in [-0.05, 0) is 36.4 Å². The second kappa shape index (κ2) is 5.28. The van der Waals surface area contributed by atoms with Gasteiger partial charge in [0.15, 0.2) is 0 Å². The third kappa shape index (κ3) is 2.11. The number of fused-ring (bicyclic) bond motifs is 3. The molecule has 2 heterocycles. The maximum atomic E-state index is 12.8. The van der Waals surface area contributed by atoms with Gasteiger partial charge in [-0.1, -0.05) is 11.6 Å². The van der Waals surface area contributed by atoms with E-state index in [2.05, 4.69) is 9.97 Å². The van der Waals surface area contributed by atoms with Gasteiger partial charge in [0.2, 0.25) is 0 Å². The van der Waals surface area contributed by atoms with Crippen molar-refractivity contribution in [1.82, 2.24) is 14.5 Å². The first-order chi connectivity index (χ1) is 11.6. The van der Waals surface area contributed by atoms with Crippen molar-refractivity contribution in [1.29, 1.82) is 0 Å². The summed E-state index contributed by atoms with van der Waals surface area (Å²) >= 11 is 5.86. The molecule has 0 atom stereocenters. The Kier molecular flexibility index (Phi) is 3.21. The molecule has 0 aliphatic heterocycles. The number of halogens is 1. The second-order valence-corrected chi connectivity index (χ2v) is 5.77. The van der Waals surface area contributed by atoms with E-state index in [1.165, 1.54) is 0 Å². The van der Waals surface area contributed by atoms with Crippen molar-refractivity contribution in [3.05, 3.63) is 68.3 Å². The lowest BCUT2D eigenvalue weighted by Gasteiger charge is -2.04. The Balaban J connectivity index is 2.07. The van der Waals surface area contributed by atoms with E-state index in [4.69, 9.17) is 16.3 Å². The van der Waals surface area contributed by atoms with Crippen LogP contribution in [0, 0.1) is 0 Å². The lowest BCUT2D eigenvalue weighted by molar-refractivity contribution is 0.415. The highest BCUT2D eigenvalue weighted by Crippen LogP contribution is 2.25. The van der Waals surface area contributed by atoms with Crippen LogP contribution in [0.2, 0.25) is 5.02 Å². The zero-order chi connectivity index (χ0) is 16.8. The lowest BCUT2D eigenvalue weighted by Crippen LogP contribution is -2.33. The Bertz CT molecular complexity index is 1190. The van der Waals surface area contributed by atoms with Gasteiger partial charge >= 0.3 is 5.69 Å². The van der Waals surface area contributed by atoms with E-state index in [0.717, 1.165) is 9.95 Å². The van der Waals surface area contributed by atoms with Gasteiger partial charge in [-0.3, -0.25) is 4.79 Å². The van der Waals surface area contributed by atoms with Crippen molar-refractivity contribution in [2.24, 2.45) is 0 Å². The van der Waals surface area contributed by atoms with Crippen LogP contribution in [-0.4, -0.2) is 21.6 Å². The fraction of sp³-hybridized carbons (Fsp3) is 0.0588. The predicted molar refractivity (Wildman–Crippen MR) is 93.6 cm³/mol. The number of rotatable bonds is 2. The summed E-state index contributed by atoms with van der Waals surface area (Å²) in [5, 5.41) is 1.28. The normalized spacial score (nSPS) is 11.2. The van der Waals surface area contributed by atoms with E-state index in [1.807, 2.05) is 0 Å². The molecule has 7 heteroatoms. The number of aromatic amines is 2. The first-order valence-corrected chi connectivity index (χ1v) is 7.57. The van der Waals surface area contributed by atoms with Crippen LogP contribution in [0.25, 0.3) is 27.6 Å². The van der Waals surface area contributed by atoms with Crippen molar-refractivity contribution in [3.8, 4) is 11.4 Å². The van der Waals surface area contributed by atoms with Crippen LogP contribution < -0.4 is 16.0 Å². The highest BCUT2D eigenvalue weighted by molar-refractivity contribution is 6.30. The molecule has 0 bridgehead atoms. The fourth-order valence-corrected chi connectivity index (χ4v) is 2.91. The van der Waals surface area contributed by atoms with E-state index in [9.17, 15) is 9.59 Å². The summed E-state index contributed by atoms with van der Waals surface area (Å²) in [5.74, 6) is 0.662. The highest BCUT2D eigenvalue weighted by atomic mass is 35.5. The molecule has 0 radical (unpaired) electrons. The molecule has 0 spiro atoms. The molecule has 2 N–H and O–H groups in total. The number of nitrogens with one attached hydrogen (secondary N) is 2. The molecule has 0 aliphatic rings. The molecular formula is C17H12ClN3O3. The van der Waals surface area contributed by atoms with Crippen LogP contribution in [0.1, 0.15) is 0 Å². The number of H-pyrrole nitrogens is 2. The fourth-order valence-electron chi connectivity index (χ4n) is 2.79. The minimum absolute atomic E-state index is 0.327. The number of aromatic nitrogens is 3. The maximum Gasteiger partial charge on any atom is 0.333 e. The predicted octanol–water partition coefficient (Wildman–Crippen LogP) is 2.82. The van der Waals surface area contributed by atoms with Crippen LogP contribution >= 0.6 is 11.6 Å². The molecule has 2 aromatic heterocycles. The second-order valence-electron chi connectivity index (χ2n) is 5.33. The summed E-state index contributed by atoms with van der Waals surface area (Å²) in [6.07, 6.45) is 0. The summed E-state index contributed by atoms with van der Waals surface area (Å²) in [5.41, 5.74) is 1.04. The molecule has 6 nitrogen and oxygen atoms in total. The molecule has 2 aromatic carbocycles. The van der Waals surface area contributed by atoms with Gasteiger partial charge in [-0.25, -0.2) is 9.36 Å². The van der Waals surface area contributed by atoms with E-state index in [-0.39, 0.29) is 0 Å². The van der Waals surface area contributed by atoms with E-state index in [1.54, 1.807) is 49.6 Å². The third-order valence-corrected chi connectivity index (χ3v) is 4.19. The summed E-state index contributed by atoms with van der Waals surface area (Å²) < 4.78 is 6.26. The minimum Gasteiger partial charge on any atom is -0.497 e. The standard InChI is InChI=1S/C17H12ClN3O3/c1-24-11-6-7-12-13(8-11)19-15-14(12)20-17(23)21(16(15)22)10-4-2-9(18)3-5-10/h2-8,19H,1H3,(H,20,23). The molecule has 0 saturated heterocycles. The van der Waals surface area contributed by atoms with Crippen LogP contribution in [0.15, 0.2) is 52.1 Å². The number of hydrogen-bond acceptors (Lipinski definition) is 3. The quantitative estimate of drug-likeness (QED) is 0.588. The topological polar surface area (TPSA) is 79.9 Å². The Hall–Kier alpha value is -2.99. The van der Waals surface area contributed by atoms with Gasteiger partial charge < -0.3 is 14.7 Å². The maximum absolute atomic E-state index is 12.8. The van der Waals surface area contributed by atoms with Crippen molar-refractivity contribution >= 4 is 33.5 Å². The Morgan fingerprint density at radius 2 is 1.75 bits per heavy atom. The highest BCUT2D eigenvalue weighted by Gasteiger charge is 2.14. The van der Waals surface area contributed by atoms with E-state index in [0.29, 0.717) is 33.0 Å². The van der Waals surface area contributed by atoms with Crippen molar-refractivity contribution in [2.45, 2.75) is 0 Å². The van der Waals surface area contributed by atoms with Crippen molar-refractivity contribution in [2.75, 3.05) is 7.11 Å². The van der Waals surface area contributed by atoms with Gasteiger partial charge in [0.1, 0.15) is 11.3 Å². The molecule has 24 heavy (non-hydrogen) atoms. The summed E-state index contributed by atoms with van der Waals surface area (Å²) in [7, 11) is 1.57. The van der Waals surface area contributed by atoms with Gasteiger partial charge in [-0.2, -0.15) is 0 Å². The van der Waals surface area contributed by atoms with E-state index < -0.39 is 11.2 Å². The Morgan fingerprint density at radius 3 is 2.46 bits per heavy atom. The molecule has 4 rings (SSSR count). The van der Waals surface area contributed by atoms with Crippen molar-refractivity contribution in [3.63, 3.8) is 0 Å². The molecule has 0 unspecified atom stereocenters. The monoisotopic (exact) mass is 341 g/mol. The Labute approximate surface area is 140 Å². The third-order valence-electron chi connectivity index (χ3n) is 3.94. The summed E-state index contributed by atoms with van der Waals surface area (Å²) in [6, 6.07) is 11.9. The molecule has 0 aliphatic carbocycles. The minimum atomic E-state index is -0.508. The molecule has 4 aromatic rings. The summed E-state index contributed by atoms with van der Waals surface area (Å²) in [4.78, 5) is 31.1. The zero-order valence-electron chi connectivity index (χ0n) is 12.6. The molecule has 120 valence electrons. The number of ether oxygens (including phenoxy) is 1. The van der Waals surface area contributed by atoms with Crippen LogP contribution in [0.5, 0.6) is 5.75 Å². The zero-order valence-corrected chi connectivity index (χ0v) is 13.3. The lowest BCUT2D eigenvalue weighted by atomic mass is 10.2. The largest absolute Gasteiger partial charge is 0.497 e. The first-order valence-electron chi connectivity index (χ1n) is 7.19. The first kappa shape index (κ1) is 14.6. The number of benzene rings is 2. The van der Waals surface area contributed by atoms with Gasteiger partial charge in [0.05, 0.1) is 23.8 Å². The van der Waals surface area contributed by atoms with Crippen molar-refractivity contribution < 1.29 is 4.74 Å². The van der Waals surface area contributed by atoms with E-state index >= 15 is 0 Å². The van der Waals surface area contributed by atoms with Crippen LogP contribution in [-0.2, 0) is 0 Å². The number of nitrogens with zero attached hydrogens (tertiary/aromatic N) is 1. The number of methoxy groups -OCH3 is 1. The number of hydrogen-bond donors (Lipinski definition) is 2. The molecule has 0 fully saturated rings. The van der Waals surface area contributed by atoms with Crippen LogP contribution in [0.3, 0.4) is 0 Å². The SMILES string of the molecule is COc1ccc2c(c1)[nH]c1c(=O)n(-c3ccc(Cl)cc3)c(=O)[nH]c12. The summed E-state index contributed by atoms with van der Waals surface area (Å²) in [6.45, 7) is 0. The smallest absolute Gasteiger partial charge is 0.333 e. The van der Waals surface area contributed by atoms with Gasteiger partial charge in [-0.15, -0.1) is 0 Å². The molecule has 0 amide bonds. The average molecular weight is 342 g/mol.